The molecule has 3 atom stereocenters. The highest BCUT2D eigenvalue weighted by Crippen LogP contribution is 2.28. The van der Waals surface area contributed by atoms with Gasteiger partial charge < -0.3 is 10.1 Å². The highest BCUT2D eigenvalue weighted by molar-refractivity contribution is 7.89. The molecule has 0 spiro atoms. The first-order valence-electron chi connectivity index (χ1n) is 11.2. The number of sulfonamides is 1. The van der Waals surface area contributed by atoms with Gasteiger partial charge in [0.15, 0.2) is 0 Å². The van der Waals surface area contributed by atoms with E-state index in [0.717, 1.165) is 59.9 Å². The maximum Gasteiger partial charge on any atom is 0.573 e. The summed E-state index contributed by atoms with van der Waals surface area (Å²) in [5.41, 5.74) is 1.14. The molecule has 0 bridgehead atoms. The molecule has 182 valence electrons. The van der Waals surface area contributed by atoms with Gasteiger partial charge in [0.1, 0.15) is 5.75 Å². The number of ether oxygens (including phenoxy) is 1. The fourth-order valence-electron chi connectivity index (χ4n) is 4.60. The van der Waals surface area contributed by atoms with Crippen LogP contribution in [0.1, 0.15) is 44.2 Å². The monoisotopic (exact) mass is 492 g/mol. The van der Waals surface area contributed by atoms with Crippen LogP contribution in [0.4, 0.5) is 13.2 Å². The topological polar surface area (TPSA) is 67.4 Å². The Balaban J connectivity index is 1.48. The Morgan fingerprint density at radius 1 is 0.912 bits per heavy atom. The Hall–Kier alpha value is -2.62. The second-order valence-electron chi connectivity index (χ2n) is 8.59. The maximum atomic E-state index is 13.0. The molecule has 2 N–H and O–H groups in total. The van der Waals surface area contributed by atoms with E-state index in [-0.39, 0.29) is 23.0 Å². The molecule has 3 aromatic carbocycles. The van der Waals surface area contributed by atoms with Gasteiger partial charge >= 0.3 is 6.36 Å². The van der Waals surface area contributed by atoms with Crippen molar-refractivity contribution in [2.75, 3.05) is 0 Å². The molecule has 1 fully saturated rings. The average Bonchev–Trinajstić information content (AvgIpc) is 2.79. The summed E-state index contributed by atoms with van der Waals surface area (Å²) >= 11 is 0. The smallest absolute Gasteiger partial charge is 0.406 e. The molecule has 1 aliphatic rings. The third kappa shape index (κ3) is 5.89. The van der Waals surface area contributed by atoms with Crippen molar-refractivity contribution in [3.63, 3.8) is 0 Å². The Morgan fingerprint density at radius 2 is 1.56 bits per heavy atom. The zero-order valence-corrected chi connectivity index (χ0v) is 19.5. The van der Waals surface area contributed by atoms with Crippen molar-refractivity contribution >= 4 is 20.8 Å². The summed E-state index contributed by atoms with van der Waals surface area (Å²) in [6, 6.07) is 18.1. The molecule has 34 heavy (non-hydrogen) atoms. The van der Waals surface area contributed by atoms with E-state index < -0.39 is 22.1 Å². The molecule has 0 aromatic heterocycles. The number of rotatable bonds is 7. The van der Waals surface area contributed by atoms with E-state index in [9.17, 15) is 21.6 Å². The van der Waals surface area contributed by atoms with Gasteiger partial charge in [-0.2, -0.15) is 0 Å². The molecule has 0 saturated heterocycles. The van der Waals surface area contributed by atoms with Crippen LogP contribution in [0.3, 0.4) is 0 Å². The summed E-state index contributed by atoms with van der Waals surface area (Å²) in [5.74, 6) is -0.465. The van der Waals surface area contributed by atoms with E-state index in [1.807, 2.05) is 18.2 Å². The van der Waals surface area contributed by atoms with Crippen LogP contribution < -0.4 is 14.8 Å². The Kier molecular flexibility index (Phi) is 7.16. The second-order valence-corrected chi connectivity index (χ2v) is 10.3. The Bertz CT molecular complexity index is 1220. The van der Waals surface area contributed by atoms with Crippen LogP contribution in [0, 0.1) is 0 Å². The van der Waals surface area contributed by atoms with Gasteiger partial charge in [0, 0.05) is 18.1 Å². The lowest BCUT2D eigenvalue weighted by Gasteiger charge is -2.35. The largest absolute Gasteiger partial charge is 0.573 e. The molecule has 0 unspecified atom stereocenters. The Labute approximate surface area is 197 Å². The minimum atomic E-state index is -4.83. The van der Waals surface area contributed by atoms with Crippen molar-refractivity contribution < 1.29 is 26.3 Å². The predicted molar refractivity (Wildman–Crippen MR) is 125 cm³/mol. The third-order valence-corrected chi connectivity index (χ3v) is 7.70. The highest BCUT2D eigenvalue weighted by Gasteiger charge is 2.32. The predicted octanol–water partition coefficient (Wildman–Crippen LogP) is 5.68. The maximum absolute atomic E-state index is 13.0. The van der Waals surface area contributed by atoms with Gasteiger partial charge in [-0.05, 0) is 60.4 Å². The molecule has 1 aliphatic carbocycles. The lowest BCUT2D eigenvalue weighted by molar-refractivity contribution is -0.274. The number of halogens is 3. The first-order valence-corrected chi connectivity index (χ1v) is 12.7. The van der Waals surface area contributed by atoms with E-state index in [4.69, 9.17) is 0 Å². The molecule has 1 saturated carbocycles. The summed E-state index contributed by atoms with van der Waals surface area (Å²) in [6.45, 7) is 2.07. The van der Waals surface area contributed by atoms with Crippen molar-refractivity contribution in [2.45, 2.75) is 62.0 Å². The number of alkyl halides is 3. The quantitative estimate of drug-likeness (QED) is 0.445. The highest BCUT2D eigenvalue weighted by atomic mass is 32.2. The van der Waals surface area contributed by atoms with Crippen LogP contribution in [0.25, 0.3) is 10.8 Å². The number of hydrogen-bond acceptors (Lipinski definition) is 4. The Morgan fingerprint density at radius 3 is 2.26 bits per heavy atom. The van der Waals surface area contributed by atoms with E-state index in [1.165, 1.54) is 0 Å². The number of benzene rings is 3. The minimum absolute atomic E-state index is 0.00000451. The average molecular weight is 493 g/mol. The summed E-state index contributed by atoms with van der Waals surface area (Å²) < 4.78 is 69.7. The van der Waals surface area contributed by atoms with Gasteiger partial charge in [-0.1, -0.05) is 55.3 Å². The standard InChI is InChI=1S/C25H27F3N2O3S/c1-17(21-10-6-8-18-7-2-3-9-22(18)21)29-23-11-4-5-12-24(23)30-34(31,32)20-15-13-19(14-16-20)33-25(26,27)28/h2-3,6-10,13-17,23-24,29-30H,4-5,11-12H2,1H3/t17-,23-,24-/m0/s1. The normalized spacial score (nSPS) is 20.2. The SMILES string of the molecule is C[C@H](N[C@H]1CCCC[C@@H]1NS(=O)(=O)c1ccc(OC(F)(F)F)cc1)c1cccc2ccccc12. The zero-order valence-electron chi connectivity index (χ0n) is 18.7. The van der Waals surface area contributed by atoms with Crippen LogP contribution in [0.2, 0.25) is 0 Å². The molecular formula is C25H27F3N2O3S. The van der Waals surface area contributed by atoms with E-state index in [0.29, 0.717) is 6.42 Å². The fraction of sp³-hybridized carbons (Fsp3) is 0.360. The van der Waals surface area contributed by atoms with Gasteiger partial charge in [0.05, 0.1) is 4.90 Å². The van der Waals surface area contributed by atoms with Crippen LogP contribution in [-0.2, 0) is 10.0 Å². The van der Waals surface area contributed by atoms with Gasteiger partial charge in [0.25, 0.3) is 0 Å². The van der Waals surface area contributed by atoms with Crippen molar-refractivity contribution in [2.24, 2.45) is 0 Å². The molecule has 0 heterocycles. The van der Waals surface area contributed by atoms with Crippen molar-refractivity contribution in [3.8, 4) is 5.75 Å². The number of nitrogens with one attached hydrogen (secondary N) is 2. The van der Waals surface area contributed by atoms with E-state index in [2.05, 4.69) is 46.0 Å². The first-order chi connectivity index (χ1) is 16.1. The molecule has 5 nitrogen and oxygen atoms in total. The molecule has 0 amide bonds. The van der Waals surface area contributed by atoms with Crippen LogP contribution in [0.5, 0.6) is 5.75 Å². The van der Waals surface area contributed by atoms with E-state index in [1.54, 1.807) is 0 Å². The number of fused-ring (bicyclic) bond motifs is 1. The molecule has 0 radical (unpaired) electrons. The van der Waals surface area contributed by atoms with Crippen molar-refractivity contribution in [1.29, 1.82) is 0 Å². The second kappa shape index (κ2) is 9.93. The van der Waals surface area contributed by atoms with Crippen LogP contribution >= 0.6 is 0 Å². The molecule has 0 aliphatic heterocycles. The van der Waals surface area contributed by atoms with Gasteiger partial charge in [-0.25, -0.2) is 13.1 Å². The molecule has 4 rings (SSSR count). The summed E-state index contributed by atoms with van der Waals surface area (Å²) in [5, 5.41) is 5.91. The van der Waals surface area contributed by atoms with E-state index >= 15 is 0 Å². The van der Waals surface area contributed by atoms with Crippen LogP contribution in [0.15, 0.2) is 71.6 Å². The van der Waals surface area contributed by atoms with Crippen LogP contribution in [-0.4, -0.2) is 26.9 Å². The molecule has 9 heteroatoms. The molecular weight excluding hydrogens is 465 g/mol. The molecule has 3 aromatic rings. The lowest BCUT2D eigenvalue weighted by Crippen LogP contribution is -2.52. The summed E-state index contributed by atoms with van der Waals surface area (Å²) in [6.07, 6.45) is -1.45. The van der Waals surface area contributed by atoms with Crippen molar-refractivity contribution in [3.05, 3.63) is 72.3 Å². The zero-order chi connectivity index (χ0) is 24.3. The fourth-order valence-corrected chi connectivity index (χ4v) is 5.91. The summed E-state index contributed by atoms with van der Waals surface area (Å²) in [4.78, 5) is -0.103. The van der Waals surface area contributed by atoms with Crippen molar-refractivity contribution in [1.82, 2.24) is 10.0 Å². The third-order valence-electron chi connectivity index (χ3n) is 6.19. The first kappa shape index (κ1) is 24.5. The van der Waals surface area contributed by atoms with Gasteiger partial charge in [-0.3, -0.25) is 0 Å². The summed E-state index contributed by atoms with van der Waals surface area (Å²) in [7, 11) is -3.92. The number of hydrogen-bond donors (Lipinski definition) is 2. The lowest BCUT2D eigenvalue weighted by atomic mass is 9.89. The van der Waals surface area contributed by atoms with Gasteiger partial charge in [0.2, 0.25) is 10.0 Å². The minimum Gasteiger partial charge on any atom is -0.406 e. The van der Waals surface area contributed by atoms with Gasteiger partial charge in [-0.15, -0.1) is 13.2 Å².